The molecule has 1 aliphatic rings. The van der Waals surface area contributed by atoms with Gasteiger partial charge in [-0.05, 0) is 36.2 Å². The van der Waals surface area contributed by atoms with E-state index in [1.165, 1.54) is 12.1 Å². The average molecular weight is 369 g/mol. The first-order chi connectivity index (χ1) is 13.1. The minimum absolute atomic E-state index is 0.103. The number of aliphatic imine (C=N–C) groups is 1. The molecule has 1 fully saturated rings. The molecule has 2 aromatic carbocycles. The van der Waals surface area contributed by atoms with Crippen LogP contribution in [0.25, 0.3) is 0 Å². The summed E-state index contributed by atoms with van der Waals surface area (Å²) in [6.45, 7) is 1.83. The normalized spacial score (nSPS) is 16.9. The lowest BCUT2D eigenvalue weighted by Gasteiger charge is -2.21. The summed E-state index contributed by atoms with van der Waals surface area (Å²) >= 11 is 0. The van der Waals surface area contributed by atoms with E-state index in [0.29, 0.717) is 36.8 Å². The molecule has 1 unspecified atom stereocenters. The molecule has 0 saturated carbocycles. The van der Waals surface area contributed by atoms with E-state index in [1.807, 2.05) is 23.1 Å². The van der Waals surface area contributed by atoms with E-state index in [2.05, 4.69) is 21.7 Å². The van der Waals surface area contributed by atoms with Crippen LogP contribution in [0, 0.1) is 23.0 Å². The Morgan fingerprint density at radius 3 is 2.89 bits per heavy atom. The first-order valence-corrected chi connectivity index (χ1v) is 8.75. The molecule has 140 valence electrons. The molecule has 0 aliphatic carbocycles. The monoisotopic (exact) mass is 369 g/mol. The highest BCUT2D eigenvalue weighted by Crippen LogP contribution is 2.24. The fraction of sp³-hybridized carbons (Fsp3) is 0.300. The second-order valence-corrected chi connectivity index (χ2v) is 6.41. The van der Waals surface area contributed by atoms with Crippen molar-refractivity contribution in [3.63, 3.8) is 0 Å². The highest BCUT2D eigenvalue weighted by molar-refractivity contribution is 5.80. The number of rotatable bonds is 4. The van der Waals surface area contributed by atoms with E-state index in [1.54, 1.807) is 13.1 Å². The molecule has 0 radical (unpaired) electrons. The van der Waals surface area contributed by atoms with Crippen molar-refractivity contribution in [2.75, 3.05) is 25.0 Å². The Morgan fingerprint density at radius 2 is 2.15 bits per heavy atom. The van der Waals surface area contributed by atoms with Gasteiger partial charge < -0.3 is 15.5 Å². The fourth-order valence-electron chi connectivity index (χ4n) is 3.16. The minimum Gasteiger partial charge on any atom is -0.367 e. The molecule has 0 bridgehead atoms. The first kappa shape index (κ1) is 18.6. The van der Waals surface area contributed by atoms with E-state index in [4.69, 9.17) is 5.26 Å². The molecule has 0 amide bonds. The Bertz CT molecular complexity index is 875. The van der Waals surface area contributed by atoms with E-state index >= 15 is 0 Å². The topological polar surface area (TPSA) is 63.5 Å². The third-order valence-electron chi connectivity index (χ3n) is 4.52. The molecule has 7 heteroatoms. The lowest BCUT2D eigenvalue weighted by molar-refractivity contribution is 0.580. The maximum absolute atomic E-state index is 14.0. The van der Waals surface area contributed by atoms with Crippen LogP contribution >= 0.6 is 0 Å². The Hall–Kier alpha value is -3.14. The molecule has 1 saturated heterocycles. The van der Waals surface area contributed by atoms with Crippen LogP contribution in [0.3, 0.4) is 0 Å². The Labute approximate surface area is 157 Å². The maximum Gasteiger partial charge on any atom is 0.191 e. The van der Waals surface area contributed by atoms with Crippen molar-refractivity contribution in [3.05, 3.63) is 65.2 Å². The summed E-state index contributed by atoms with van der Waals surface area (Å²) < 4.78 is 27.1. The zero-order valence-electron chi connectivity index (χ0n) is 15.0. The Morgan fingerprint density at radius 1 is 1.30 bits per heavy atom. The van der Waals surface area contributed by atoms with Gasteiger partial charge in [0.25, 0.3) is 0 Å². The van der Waals surface area contributed by atoms with Crippen molar-refractivity contribution < 1.29 is 8.78 Å². The third-order valence-corrected chi connectivity index (χ3v) is 4.52. The highest BCUT2D eigenvalue weighted by Gasteiger charge is 2.25. The molecule has 1 heterocycles. The minimum atomic E-state index is -0.574. The van der Waals surface area contributed by atoms with Gasteiger partial charge in [-0.25, -0.2) is 8.78 Å². The summed E-state index contributed by atoms with van der Waals surface area (Å²) in [5.41, 5.74) is 2.01. The zero-order chi connectivity index (χ0) is 19.2. The molecule has 2 N–H and O–H groups in total. The zero-order valence-corrected chi connectivity index (χ0v) is 15.0. The van der Waals surface area contributed by atoms with Crippen LogP contribution in [0.2, 0.25) is 0 Å². The molecule has 1 atom stereocenters. The van der Waals surface area contributed by atoms with Crippen molar-refractivity contribution in [1.29, 1.82) is 5.26 Å². The standard InChI is InChI=1S/C20H21F2N5/c1-24-20(25-12-15-4-2-3-14(9-15)11-23)26-17-7-8-27(13-17)19-6-5-16(21)10-18(19)22/h2-6,9-10,17H,7-8,12-13H2,1H3,(H2,24,25,26). The number of nitrogens with one attached hydrogen (secondary N) is 2. The van der Waals surface area contributed by atoms with E-state index in [0.717, 1.165) is 18.1 Å². The number of anilines is 1. The predicted octanol–water partition coefficient (Wildman–Crippen LogP) is 2.78. The van der Waals surface area contributed by atoms with Gasteiger partial charge in [0.15, 0.2) is 5.96 Å². The summed E-state index contributed by atoms with van der Waals surface area (Å²) in [5, 5.41) is 15.5. The molecule has 0 aromatic heterocycles. The molecule has 2 aromatic rings. The molecule has 0 spiro atoms. The van der Waals surface area contributed by atoms with Gasteiger partial charge in [0, 0.05) is 38.8 Å². The van der Waals surface area contributed by atoms with Crippen LogP contribution in [0.15, 0.2) is 47.5 Å². The molecule has 3 rings (SSSR count). The van der Waals surface area contributed by atoms with Crippen LogP contribution in [0.1, 0.15) is 17.5 Å². The van der Waals surface area contributed by atoms with E-state index in [9.17, 15) is 8.78 Å². The fourth-order valence-corrected chi connectivity index (χ4v) is 3.16. The van der Waals surface area contributed by atoms with Crippen molar-refractivity contribution in [3.8, 4) is 6.07 Å². The molecular formula is C20H21F2N5. The van der Waals surface area contributed by atoms with Gasteiger partial charge in [0.05, 0.1) is 17.3 Å². The van der Waals surface area contributed by atoms with Gasteiger partial charge in [0.1, 0.15) is 11.6 Å². The Kier molecular flexibility index (Phi) is 5.87. The van der Waals surface area contributed by atoms with Crippen LogP contribution < -0.4 is 15.5 Å². The third kappa shape index (κ3) is 4.73. The van der Waals surface area contributed by atoms with Crippen LogP contribution in [0.4, 0.5) is 14.5 Å². The van der Waals surface area contributed by atoms with Crippen molar-refractivity contribution >= 4 is 11.6 Å². The first-order valence-electron chi connectivity index (χ1n) is 8.75. The lowest BCUT2D eigenvalue weighted by atomic mass is 10.1. The lowest BCUT2D eigenvalue weighted by Crippen LogP contribution is -2.44. The summed E-state index contributed by atoms with van der Waals surface area (Å²) in [6, 6.07) is 13.3. The van der Waals surface area contributed by atoms with Gasteiger partial charge in [0.2, 0.25) is 0 Å². The van der Waals surface area contributed by atoms with E-state index < -0.39 is 11.6 Å². The number of nitrogens with zero attached hydrogens (tertiary/aromatic N) is 3. The highest BCUT2D eigenvalue weighted by atomic mass is 19.1. The predicted molar refractivity (Wildman–Crippen MR) is 101 cm³/mol. The smallest absolute Gasteiger partial charge is 0.191 e. The quantitative estimate of drug-likeness (QED) is 0.643. The van der Waals surface area contributed by atoms with Crippen LogP contribution in [-0.2, 0) is 6.54 Å². The number of guanidine groups is 1. The number of hydrogen-bond acceptors (Lipinski definition) is 3. The van der Waals surface area contributed by atoms with Gasteiger partial charge in [-0.2, -0.15) is 5.26 Å². The SMILES string of the molecule is CN=C(NCc1cccc(C#N)c1)NC1CCN(c2ccc(F)cc2F)C1. The summed E-state index contributed by atoms with van der Waals surface area (Å²) in [6.07, 6.45) is 0.821. The van der Waals surface area contributed by atoms with Crippen LogP contribution in [0.5, 0.6) is 0 Å². The van der Waals surface area contributed by atoms with Crippen LogP contribution in [-0.4, -0.2) is 32.1 Å². The van der Waals surface area contributed by atoms with Crippen molar-refractivity contribution in [1.82, 2.24) is 10.6 Å². The number of halogens is 2. The number of benzene rings is 2. The molecule has 27 heavy (non-hydrogen) atoms. The van der Waals surface area contributed by atoms with Gasteiger partial charge in [-0.3, -0.25) is 4.99 Å². The molecule has 5 nitrogen and oxygen atoms in total. The van der Waals surface area contributed by atoms with Crippen molar-refractivity contribution in [2.45, 2.75) is 19.0 Å². The Balaban J connectivity index is 1.55. The molecule has 1 aliphatic heterocycles. The average Bonchev–Trinajstić information content (AvgIpc) is 3.13. The summed E-state index contributed by atoms with van der Waals surface area (Å²) in [7, 11) is 1.69. The maximum atomic E-state index is 14.0. The van der Waals surface area contributed by atoms with Gasteiger partial charge in [-0.1, -0.05) is 12.1 Å². The van der Waals surface area contributed by atoms with Gasteiger partial charge >= 0.3 is 0 Å². The second kappa shape index (κ2) is 8.49. The largest absolute Gasteiger partial charge is 0.367 e. The molecular weight excluding hydrogens is 348 g/mol. The van der Waals surface area contributed by atoms with Gasteiger partial charge in [-0.15, -0.1) is 0 Å². The number of nitriles is 1. The number of hydrogen-bond donors (Lipinski definition) is 2. The summed E-state index contributed by atoms with van der Waals surface area (Å²) in [4.78, 5) is 6.12. The van der Waals surface area contributed by atoms with E-state index in [-0.39, 0.29) is 6.04 Å². The second-order valence-electron chi connectivity index (χ2n) is 6.41. The van der Waals surface area contributed by atoms with Crippen molar-refractivity contribution in [2.24, 2.45) is 4.99 Å². The summed E-state index contributed by atoms with van der Waals surface area (Å²) in [5.74, 6) is -0.477.